The zero-order chi connectivity index (χ0) is 17.5. The van der Waals surface area contributed by atoms with E-state index in [4.69, 9.17) is 0 Å². The number of piperazine rings is 1. The maximum atomic E-state index is 13.3. The monoisotopic (exact) mass is 336 g/mol. The molecular formula is C22H28N2O. The third kappa shape index (κ3) is 4.49. The SMILES string of the molecule is CCCCN1CCN(C(=O)C(c2ccccc2)c2ccccc2)CC1. The van der Waals surface area contributed by atoms with Crippen LogP contribution in [0.15, 0.2) is 60.7 Å². The van der Waals surface area contributed by atoms with Gasteiger partial charge in [0.15, 0.2) is 0 Å². The minimum atomic E-state index is -0.204. The molecule has 0 aliphatic carbocycles. The summed E-state index contributed by atoms with van der Waals surface area (Å²) in [6.07, 6.45) is 2.47. The lowest BCUT2D eigenvalue weighted by molar-refractivity contribution is -0.133. The molecule has 0 spiro atoms. The number of carbonyl (C=O) groups excluding carboxylic acids is 1. The Morgan fingerprint density at radius 2 is 1.40 bits per heavy atom. The number of nitrogens with zero attached hydrogens (tertiary/aromatic N) is 2. The standard InChI is InChI=1S/C22H28N2O/c1-2-3-14-23-15-17-24(18-16-23)22(25)21(19-10-6-4-7-11-19)20-12-8-5-9-13-20/h4-13,21H,2-3,14-18H2,1H3. The lowest BCUT2D eigenvalue weighted by atomic mass is 9.90. The van der Waals surface area contributed by atoms with Gasteiger partial charge < -0.3 is 4.90 Å². The van der Waals surface area contributed by atoms with Crippen molar-refractivity contribution < 1.29 is 4.79 Å². The van der Waals surface area contributed by atoms with Crippen molar-refractivity contribution in [2.75, 3.05) is 32.7 Å². The zero-order valence-corrected chi connectivity index (χ0v) is 15.1. The average molecular weight is 336 g/mol. The van der Waals surface area contributed by atoms with Crippen LogP contribution < -0.4 is 0 Å². The van der Waals surface area contributed by atoms with E-state index in [9.17, 15) is 4.79 Å². The molecule has 0 radical (unpaired) electrons. The lowest BCUT2D eigenvalue weighted by Gasteiger charge is -2.36. The van der Waals surface area contributed by atoms with Crippen LogP contribution in [0.25, 0.3) is 0 Å². The first-order valence-electron chi connectivity index (χ1n) is 9.40. The molecule has 3 nitrogen and oxygen atoms in total. The smallest absolute Gasteiger partial charge is 0.234 e. The molecule has 0 N–H and O–H groups in total. The van der Waals surface area contributed by atoms with Crippen molar-refractivity contribution in [2.24, 2.45) is 0 Å². The summed E-state index contributed by atoms with van der Waals surface area (Å²) < 4.78 is 0. The van der Waals surface area contributed by atoms with Gasteiger partial charge in [0.05, 0.1) is 5.92 Å². The molecule has 2 aromatic rings. The third-order valence-electron chi connectivity index (χ3n) is 5.02. The molecule has 1 heterocycles. The second-order valence-electron chi connectivity index (χ2n) is 6.77. The van der Waals surface area contributed by atoms with Crippen LogP contribution >= 0.6 is 0 Å². The molecule has 0 atom stereocenters. The van der Waals surface area contributed by atoms with E-state index in [0.29, 0.717) is 0 Å². The molecule has 3 rings (SSSR count). The Hall–Kier alpha value is -2.13. The number of hydrogen-bond acceptors (Lipinski definition) is 2. The molecule has 1 amide bonds. The summed E-state index contributed by atoms with van der Waals surface area (Å²) in [6.45, 7) is 7.02. The largest absolute Gasteiger partial charge is 0.339 e. The first-order chi connectivity index (χ1) is 12.3. The van der Waals surface area contributed by atoms with E-state index in [1.165, 1.54) is 12.8 Å². The molecule has 1 saturated heterocycles. The van der Waals surface area contributed by atoms with Crippen LogP contribution in [-0.4, -0.2) is 48.4 Å². The fourth-order valence-electron chi connectivity index (χ4n) is 3.52. The number of benzene rings is 2. The molecule has 3 heteroatoms. The molecule has 1 fully saturated rings. The van der Waals surface area contributed by atoms with Gasteiger partial charge in [0.2, 0.25) is 5.91 Å². The van der Waals surface area contributed by atoms with Gasteiger partial charge in [-0.15, -0.1) is 0 Å². The minimum absolute atomic E-state index is 0.204. The summed E-state index contributed by atoms with van der Waals surface area (Å²) in [4.78, 5) is 17.9. The molecule has 2 aromatic carbocycles. The zero-order valence-electron chi connectivity index (χ0n) is 15.1. The molecule has 0 bridgehead atoms. The van der Waals surface area contributed by atoms with E-state index in [1.54, 1.807) is 0 Å². The average Bonchev–Trinajstić information content (AvgIpc) is 2.68. The summed E-state index contributed by atoms with van der Waals surface area (Å²) in [7, 11) is 0. The van der Waals surface area contributed by atoms with Crippen molar-refractivity contribution in [3.63, 3.8) is 0 Å². The normalized spacial score (nSPS) is 15.5. The second-order valence-corrected chi connectivity index (χ2v) is 6.77. The van der Waals surface area contributed by atoms with Crippen molar-refractivity contribution in [3.8, 4) is 0 Å². The number of rotatable bonds is 6. The Balaban J connectivity index is 1.75. The molecule has 0 saturated carbocycles. The van der Waals surface area contributed by atoms with Crippen molar-refractivity contribution >= 4 is 5.91 Å². The van der Waals surface area contributed by atoms with Crippen molar-refractivity contribution in [1.82, 2.24) is 9.80 Å². The topological polar surface area (TPSA) is 23.6 Å². The maximum absolute atomic E-state index is 13.3. The van der Waals surface area contributed by atoms with Gasteiger partial charge in [-0.25, -0.2) is 0 Å². The molecular weight excluding hydrogens is 308 g/mol. The van der Waals surface area contributed by atoms with Gasteiger partial charge in [-0.05, 0) is 24.1 Å². The highest BCUT2D eigenvalue weighted by Gasteiger charge is 2.29. The number of carbonyl (C=O) groups is 1. The molecule has 132 valence electrons. The first-order valence-corrected chi connectivity index (χ1v) is 9.40. The van der Waals surface area contributed by atoms with E-state index in [2.05, 4.69) is 36.1 Å². The third-order valence-corrected chi connectivity index (χ3v) is 5.02. The van der Waals surface area contributed by atoms with Gasteiger partial charge in [0.1, 0.15) is 0 Å². The highest BCUT2D eigenvalue weighted by molar-refractivity contribution is 5.87. The number of hydrogen-bond donors (Lipinski definition) is 0. The maximum Gasteiger partial charge on any atom is 0.234 e. The Morgan fingerprint density at radius 1 is 0.880 bits per heavy atom. The van der Waals surface area contributed by atoms with Crippen LogP contribution in [0.5, 0.6) is 0 Å². The van der Waals surface area contributed by atoms with Gasteiger partial charge in [0, 0.05) is 26.2 Å². The van der Waals surface area contributed by atoms with Crippen molar-refractivity contribution in [3.05, 3.63) is 71.8 Å². The molecule has 1 aliphatic heterocycles. The van der Waals surface area contributed by atoms with Crippen LogP contribution in [0, 0.1) is 0 Å². The molecule has 0 unspecified atom stereocenters. The Labute approximate surface area is 151 Å². The van der Waals surface area contributed by atoms with Crippen LogP contribution in [0.4, 0.5) is 0 Å². The minimum Gasteiger partial charge on any atom is -0.339 e. The summed E-state index contributed by atoms with van der Waals surface area (Å²) in [6, 6.07) is 20.3. The van der Waals surface area contributed by atoms with Gasteiger partial charge in [0.25, 0.3) is 0 Å². The summed E-state index contributed by atoms with van der Waals surface area (Å²) in [5, 5.41) is 0. The Morgan fingerprint density at radius 3 is 1.88 bits per heavy atom. The van der Waals surface area contributed by atoms with Crippen LogP contribution in [0.1, 0.15) is 36.8 Å². The highest BCUT2D eigenvalue weighted by Crippen LogP contribution is 2.27. The van der Waals surface area contributed by atoms with Crippen LogP contribution in [-0.2, 0) is 4.79 Å². The molecule has 25 heavy (non-hydrogen) atoms. The van der Waals surface area contributed by atoms with Crippen molar-refractivity contribution in [1.29, 1.82) is 0 Å². The second kappa shape index (κ2) is 8.82. The fourth-order valence-corrected chi connectivity index (χ4v) is 3.52. The number of amides is 1. The van der Waals surface area contributed by atoms with Gasteiger partial charge in [-0.2, -0.15) is 0 Å². The lowest BCUT2D eigenvalue weighted by Crippen LogP contribution is -2.50. The van der Waals surface area contributed by atoms with Gasteiger partial charge in [-0.3, -0.25) is 9.69 Å². The molecule has 0 aromatic heterocycles. The summed E-state index contributed by atoms with van der Waals surface area (Å²) >= 11 is 0. The Kier molecular flexibility index (Phi) is 6.24. The van der Waals surface area contributed by atoms with E-state index in [0.717, 1.165) is 43.9 Å². The quantitative estimate of drug-likeness (QED) is 0.802. The van der Waals surface area contributed by atoms with Crippen LogP contribution in [0.2, 0.25) is 0 Å². The fraction of sp³-hybridized carbons (Fsp3) is 0.409. The summed E-state index contributed by atoms with van der Waals surface area (Å²) in [5.41, 5.74) is 2.15. The number of unbranched alkanes of at least 4 members (excludes halogenated alkanes) is 1. The Bertz CT molecular complexity index is 609. The van der Waals surface area contributed by atoms with Crippen molar-refractivity contribution in [2.45, 2.75) is 25.7 Å². The van der Waals surface area contributed by atoms with E-state index in [-0.39, 0.29) is 11.8 Å². The van der Waals surface area contributed by atoms with E-state index < -0.39 is 0 Å². The first kappa shape index (κ1) is 17.7. The van der Waals surface area contributed by atoms with E-state index in [1.807, 2.05) is 41.3 Å². The molecule has 1 aliphatic rings. The van der Waals surface area contributed by atoms with Gasteiger partial charge in [-0.1, -0.05) is 74.0 Å². The van der Waals surface area contributed by atoms with E-state index >= 15 is 0 Å². The highest BCUT2D eigenvalue weighted by atomic mass is 16.2. The summed E-state index contributed by atoms with van der Waals surface area (Å²) in [5.74, 6) is 0.0251. The predicted molar refractivity (Wildman–Crippen MR) is 103 cm³/mol. The van der Waals surface area contributed by atoms with Crippen LogP contribution in [0.3, 0.4) is 0 Å². The van der Waals surface area contributed by atoms with Gasteiger partial charge >= 0.3 is 0 Å². The predicted octanol–water partition coefficient (Wildman–Crippen LogP) is 3.76.